The van der Waals surface area contributed by atoms with Gasteiger partial charge in [-0.15, -0.1) is 24.0 Å². The third-order valence-corrected chi connectivity index (χ3v) is 4.29. The van der Waals surface area contributed by atoms with Crippen LogP contribution in [0, 0.1) is 0 Å². The minimum Gasteiger partial charge on any atom is -0.497 e. The topological polar surface area (TPSA) is 73.3 Å². The lowest BCUT2D eigenvalue weighted by Crippen LogP contribution is -2.37. The van der Waals surface area contributed by atoms with Crippen LogP contribution in [0.5, 0.6) is 23.0 Å². The third-order valence-electron chi connectivity index (χ3n) is 4.29. The Balaban J connectivity index is 0.00000280. The summed E-state index contributed by atoms with van der Waals surface area (Å²) in [6, 6.07) is 11.7. The van der Waals surface area contributed by atoms with Gasteiger partial charge in [0.05, 0.1) is 14.2 Å². The van der Waals surface area contributed by atoms with Gasteiger partial charge in [0, 0.05) is 20.1 Å². The van der Waals surface area contributed by atoms with Gasteiger partial charge in [-0.2, -0.15) is 0 Å². The zero-order valence-corrected chi connectivity index (χ0v) is 18.6. The number of aliphatic imine (C=N–C) groups is 1. The summed E-state index contributed by atoms with van der Waals surface area (Å²) in [6.07, 6.45) is 0.783. The Bertz CT molecular complexity index is 814. The first-order valence-corrected chi connectivity index (χ1v) is 8.77. The van der Waals surface area contributed by atoms with Crippen LogP contribution in [0.3, 0.4) is 0 Å². The van der Waals surface area contributed by atoms with Crippen molar-refractivity contribution in [3.05, 3.63) is 47.5 Å². The molecule has 2 N–H and O–H groups in total. The third kappa shape index (κ3) is 5.57. The molecule has 8 heteroatoms. The second-order valence-corrected chi connectivity index (χ2v) is 5.97. The quantitative estimate of drug-likeness (QED) is 0.347. The number of benzene rings is 2. The number of nitrogens with one attached hydrogen (secondary N) is 2. The number of nitrogens with zero attached hydrogens (tertiary/aromatic N) is 1. The molecule has 3 rings (SSSR count). The monoisotopic (exact) mass is 499 g/mol. The van der Waals surface area contributed by atoms with Crippen LogP contribution in [0.1, 0.15) is 11.1 Å². The molecule has 0 aliphatic carbocycles. The fourth-order valence-electron chi connectivity index (χ4n) is 2.85. The molecule has 0 saturated carbocycles. The van der Waals surface area contributed by atoms with E-state index in [2.05, 4.69) is 15.6 Å². The summed E-state index contributed by atoms with van der Waals surface area (Å²) in [5.74, 6) is 3.96. The molecule has 1 aliphatic heterocycles. The number of fused-ring (bicyclic) bond motifs is 1. The van der Waals surface area contributed by atoms with Crippen LogP contribution in [0.25, 0.3) is 0 Å². The fourth-order valence-corrected chi connectivity index (χ4v) is 2.85. The summed E-state index contributed by atoms with van der Waals surface area (Å²) in [7, 11) is 5.08. The van der Waals surface area contributed by atoms with E-state index in [0.717, 1.165) is 46.5 Å². The molecule has 7 nitrogen and oxygen atoms in total. The van der Waals surface area contributed by atoms with Gasteiger partial charge < -0.3 is 29.6 Å². The van der Waals surface area contributed by atoms with Crippen LogP contribution in [-0.2, 0) is 13.0 Å². The first kappa shape index (κ1) is 21.9. The highest BCUT2D eigenvalue weighted by Crippen LogP contribution is 2.32. The lowest BCUT2D eigenvalue weighted by molar-refractivity contribution is 0.174. The van der Waals surface area contributed by atoms with Crippen LogP contribution in [0.4, 0.5) is 0 Å². The minimum atomic E-state index is 0. The van der Waals surface area contributed by atoms with Gasteiger partial charge in [0.2, 0.25) is 6.79 Å². The second-order valence-electron chi connectivity index (χ2n) is 5.97. The molecule has 0 amide bonds. The molecule has 0 spiro atoms. The second kappa shape index (κ2) is 10.8. The number of hydrogen-bond donors (Lipinski definition) is 2. The van der Waals surface area contributed by atoms with E-state index in [1.807, 2.05) is 36.4 Å². The van der Waals surface area contributed by atoms with Crippen molar-refractivity contribution >= 4 is 29.9 Å². The largest absolute Gasteiger partial charge is 0.497 e. The Morgan fingerprint density at radius 1 is 1.04 bits per heavy atom. The number of ether oxygens (including phenoxy) is 4. The van der Waals surface area contributed by atoms with Crippen LogP contribution >= 0.6 is 24.0 Å². The summed E-state index contributed by atoms with van der Waals surface area (Å²) in [5, 5.41) is 6.62. The highest BCUT2D eigenvalue weighted by Gasteiger charge is 2.13. The Labute approximate surface area is 182 Å². The average molecular weight is 499 g/mol. The molecule has 2 aromatic carbocycles. The van der Waals surface area contributed by atoms with E-state index < -0.39 is 0 Å². The predicted molar refractivity (Wildman–Crippen MR) is 119 cm³/mol. The van der Waals surface area contributed by atoms with Gasteiger partial charge >= 0.3 is 0 Å². The molecular formula is C20H26IN3O4. The molecular weight excluding hydrogens is 473 g/mol. The standard InChI is InChI=1S/C20H25N3O4.HI/c1-21-20(23-12-14-4-6-18-19(10-14)27-13-26-18)22-9-8-15-11-16(24-2)5-7-17(15)25-3;/h4-7,10-11H,8-9,12-13H2,1-3H3,(H2,21,22,23);1H. The van der Waals surface area contributed by atoms with E-state index in [0.29, 0.717) is 13.1 Å². The zero-order valence-electron chi connectivity index (χ0n) is 16.3. The van der Waals surface area contributed by atoms with E-state index in [1.54, 1.807) is 21.3 Å². The van der Waals surface area contributed by atoms with Gasteiger partial charge in [-0.3, -0.25) is 4.99 Å². The minimum absolute atomic E-state index is 0. The maximum absolute atomic E-state index is 5.42. The molecule has 1 aliphatic rings. The van der Waals surface area contributed by atoms with Crippen molar-refractivity contribution in [2.45, 2.75) is 13.0 Å². The summed E-state index contributed by atoms with van der Waals surface area (Å²) in [5.41, 5.74) is 2.17. The van der Waals surface area contributed by atoms with Crippen LogP contribution < -0.4 is 29.6 Å². The van der Waals surface area contributed by atoms with Crippen molar-refractivity contribution in [3.8, 4) is 23.0 Å². The van der Waals surface area contributed by atoms with Crippen LogP contribution in [0.2, 0.25) is 0 Å². The predicted octanol–water partition coefficient (Wildman–Crippen LogP) is 2.96. The Hall–Kier alpha value is -2.36. The molecule has 0 unspecified atom stereocenters. The molecule has 0 atom stereocenters. The van der Waals surface area contributed by atoms with E-state index in [-0.39, 0.29) is 30.8 Å². The van der Waals surface area contributed by atoms with Crippen molar-refractivity contribution in [3.63, 3.8) is 0 Å². The van der Waals surface area contributed by atoms with E-state index in [1.165, 1.54) is 0 Å². The van der Waals surface area contributed by atoms with Gasteiger partial charge in [0.25, 0.3) is 0 Å². The molecule has 0 aromatic heterocycles. The normalized spacial score (nSPS) is 12.2. The lowest BCUT2D eigenvalue weighted by atomic mass is 10.1. The van der Waals surface area contributed by atoms with E-state index in [4.69, 9.17) is 18.9 Å². The summed E-state index contributed by atoms with van der Waals surface area (Å²) in [4.78, 5) is 4.27. The molecule has 0 bridgehead atoms. The number of methoxy groups -OCH3 is 2. The van der Waals surface area contributed by atoms with E-state index >= 15 is 0 Å². The Morgan fingerprint density at radius 3 is 2.61 bits per heavy atom. The molecule has 152 valence electrons. The number of hydrogen-bond acceptors (Lipinski definition) is 5. The Kier molecular flexibility index (Phi) is 8.49. The molecule has 0 fully saturated rings. The van der Waals surface area contributed by atoms with Gasteiger partial charge in [0.1, 0.15) is 11.5 Å². The molecule has 1 heterocycles. The highest BCUT2D eigenvalue weighted by molar-refractivity contribution is 14.0. The van der Waals surface area contributed by atoms with Crippen molar-refractivity contribution in [2.24, 2.45) is 4.99 Å². The number of rotatable bonds is 7. The van der Waals surface area contributed by atoms with Crippen molar-refractivity contribution in [2.75, 3.05) is 34.6 Å². The number of halogens is 1. The van der Waals surface area contributed by atoms with Crippen molar-refractivity contribution in [1.82, 2.24) is 10.6 Å². The van der Waals surface area contributed by atoms with Gasteiger partial charge in [-0.1, -0.05) is 6.07 Å². The molecule has 28 heavy (non-hydrogen) atoms. The van der Waals surface area contributed by atoms with E-state index in [9.17, 15) is 0 Å². The zero-order chi connectivity index (χ0) is 19.1. The van der Waals surface area contributed by atoms with Gasteiger partial charge in [-0.05, 0) is 47.9 Å². The Morgan fingerprint density at radius 2 is 1.86 bits per heavy atom. The summed E-state index contributed by atoms with van der Waals surface area (Å²) in [6.45, 7) is 1.63. The smallest absolute Gasteiger partial charge is 0.231 e. The van der Waals surface area contributed by atoms with Gasteiger partial charge in [0.15, 0.2) is 17.5 Å². The maximum Gasteiger partial charge on any atom is 0.231 e. The number of guanidine groups is 1. The van der Waals surface area contributed by atoms with Gasteiger partial charge in [-0.25, -0.2) is 0 Å². The average Bonchev–Trinajstić information content (AvgIpc) is 3.18. The molecule has 0 radical (unpaired) electrons. The summed E-state index contributed by atoms with van der Waals surface area (Å²) < 4.78 is 21.5. The molecule has 2 aromatic rings. The molecule has 0 saturated heterocycles. The first-order chi connectivity index (χ1) is 13.2. The van der Waals surface area contributed by atoms with Crippen molar-refractivity contribution < 1.29 is 18.9 Å². The SMILES string of the molecule is CN=C(NCCc1cc(OC)ccc1OC)NCc1ccc2c(c1)OCO2.I. The first-order valence-electron chi connectivity index (χ1n) is 8.77. The fraction of sp³-hybridized carbons (Fsp3) is 0.350. The maximum atomic E-state index is 5.42. The lowest BCUT2D eigenvalue weighted by Gasteiger charge is -2.14. The summed E-state index contributed by atoms with van der Waals surface area (Å²) >= 11 is 0. The van der Waals surface area contributed by atoms with Crippen LogP contribution in [-0.4, -0.2) is 40.6 Å². The van der Waals surface area contributed by atoms with Crippen LogP contribution in [0.15, 0.2) is 41.4 Å². The highest BCUT2D eigenvalue weighted by atomic mass is 127. The van der Waals surface area contributed by atoms with Crippen molar-refractivity contribution in [1.29, 1.82) is 0 Å².